The normalized spacial score (nSPS) is 14.7. The molecule has 27 heavy (non-hydrogen) atoms. The molecule has 3 heterocycles. The molecule has 0 spiro atoms. The molecule has 2 N–H and O–H groups in total. The second-order valence-electron chi connectivity index (χ2n) is 6.69. The van der Waals surface area contributed by atoms with Crippen LogP contribution in [0.2, 0.25) is 0 Å². The largest absolute Gasteiger partial charge is 0.381 e. The van der Waals surface area contributed by atoms with Gasteiger partial charge >= 0.3 is 0 Å². The fourth-order valence-electron chi connectivity index (χ4n) is 3.20. The topological polar surface area (TPSA) is 92.3 Å². The first-order valence-electron chi connectivity index (χ1n) is 9.12. The number of pyridine rings is 1. The Morgan fingerprint density at radius 1 is 1.19 bits per heavy atom. The van der Waals surface area contributed by atoms with Gasteiger partial charge in [0.1, 0.15) is 11.6 Å². The first-order chi connectivity index (χ1) is 13.0. The van der Waals surface area contributed by atoms with Crippen LogP contribution in [0.25, 0.3) is 0 Å². The van der Waals surface area contributed by atoms with Crippen LogP contribution in [0.15, 0.2) is 18.5 Å². The summed E-state index contributed by atoms with van der Waals surface area (Å²) in [5, 5.41) is 6.23. The maximum Gasteiger partial charge on any atom is 0.229 e. The molecule has 0 radical (unpaired) electrons. The van der Waals surface area contributed by atoms with Gasteiger partial charge in [0.2, 0.25) is 11.9 Å². The predicted octanol–water partition coefficient (Wildman–Crippen LogP) is 2.81. The second-order valence-corrected chi connectivity index (χ2v) is 6.69. The lowest BCUT2D eigenvalue weighted by atomic mass is 10.1. The molecule has 1 aliphatic heterocycles. The van der Waals surface area contributed by atoms with Crippen molar-refractivity contribution in [3.63, 3.8) is 0 Å². The van der Waals surface area contributed by atoms with Gasteiger partial charge in [-0.25, -0.2) is 9.97 Å². The molecule has 1 fully saturated rings. The van der Waals surface area contributed by atoms with E-state index in [2.05, 4.69) is 25.6 Å². The third-order valence-corrected chi connectivity index (χ3v) is 4.68. The minimum Gasteiger partial charge on any atom is -0.381 e. The lowest BCUT2D eigenvalue weighted by Gasteiger charge is -2.33. The van der Waals surface area contributed by atoms with E-state index >= 15 is 0 Å². The number of anilines is 4. The summed E-state index contributed by atoms with van der Waals surface area (Å²) in [6.45, 7) is 6.81. The van der Waals surface area contributed by atoms with Crippen molar-refractivity contribution >= 4 is 29.2 Å². The molecule has 3 rings (SSSR count). The fraction of sp³-hybridized carbons (Fsp3) is 0.474. The third-order valence-electron chi connectivity index (χ3n) is 4.68. The van der Waals surface area contributed by atoms with Crippen LogP contribution >= 0.6 is 0 Å². The fourth-order valence-corrected chi connectivity index (χ4v) is 3.20. The van der Waals surface area contributed by atoms with E-state index in [1.165, 1.54) is 0 Å². The summed E-state index contributed by atoms with van der Waals surface area (Å²) in [7, 11) is 1.83. The second kappa shape index (κ2) is 8.30. The van der Waals surface area contributed by atoms with Gasteiger partial charge in [0, 0.05) is 45.0 Å². The molecule has 0 saturated carbocycles. The highest BCUT2D eigenvalue weighted by Crippen LogP contribution is 2.27. The maximum absolute atomic E-state index is 12.4. The van der Waals surface area contributed by atoms with Gasteiger partial charge in [0.15, 0.2) is 0 Å². The Morgan fingerprint density at radius 3 is 2.56 bits per heavy atom. The van der Waals surface area contributed by atoms with E-state index in [0.717, 1.165) is 35.5 Å². The Bertz CT molecular complexity index is 820. The van der Waals surface area contributed by atoms with Crippen molar-refractivity contribution in [1.82, 2.24) is 15.0 Å². The quantitative estimate of drug-likeness (QED) is 0.836. The predicted molar refractivity (Wildman–Crippen MR) is 106 cm³/mol. The molecule has 0 unspecified atom stereocenters. The Morgan fingerprint density at radius 2 is 1.93 bits per heavy atom. The highest BCUT2D eigenvalue weighted by molar-refractivity contribution is 5.92. The number of rotatable bonds is 5. The van der Waals surface area contributed by atoms with Crippen LogP contribution in [0.4, 0.5) is 23.3 Å². The molecule has 0 aliphatic carbocycles. The number of ether oxygens (including phenoxy) is 1. The molecule has 0 atom stereocenters. The van der Waals surface area contributed by atoms with Gasteiger partial charge in [0.25, 0.3) is 0 Å². The van der Waals surface area contributed by atoms with Crippen LogP contribution < -0.4 is 15.5 Å². The van der Waals surface area contributed by atoms with E-state index in [1.54, 1.807) is 24.2 Å². The summed E-state index contributed by atoms with van der Waals surface area (Å²) in [6.07, 6.45) is 5.09. The molecule has 2 aromatic rings. The monoisotopic (exact) mass is 370 g/mol. The first kappa shape index (κ1) is 19.0. The molecule has 144 valence electrons. The van der Waals surface area contributed by atoms with Gasteiger partial charge in [-0.05, 0) is 38.3 Å². The van der Waals surface area contributed by atoms with Crippen LogP contribution in [0.3, 0.4) is 0 Å². The Labute approximate surface area is 159 Å². The Balaban J connectivity index is 1.90. The van der Waals surface area contributed by atoms with Crippen molar-refractivity contribution in [3.05, 3.63) is 29.6 Å². The molecular formula is C19H26N6O2. The summed E-state index contributed by atoms with van der Waals surface area (Å²) in [4.78, 5) is 27.5. The zero-order valence-electron chi connectivity index (χ0n) is 16.2. The number of carbonyl (C=O) groups is 1. The number of nitrogens with zero attached hydrogens (tertiary/aromatic N) is 4. The van der Waals surface area contributed by atoms with E-state index in [0.29, 0.717) is 25.0 Å². The van der Waals surface area contributed by atoms with E-state index < -0.39 is 0 Å². The van der Waals surface area contributed by atoms with Gasteiger partial charge in [-0.3, -0.25) is 9.69 Å². The lowest BCUT2D eigenvalue weighted by Crippen LogP contribution is -2.43. The molecule has 0 bridgehead atoms. The number of aromatic nitrogens is 3. The van der Waals surface area contributed by atoms with E-state index in [-0.39, 0.29) is 11.9 Å². The zero-order chi connectivity index (χ0) is 19.4. The highest BCUT2D eigenvalue weighted by Gasteiger charge is 2.27. The number of nitrogens with one attached hydrogen (secondary N) is 2. The van der Waals surface area contributed by atoms with Crippen LogP contribution in [-0.2, 0) is 9.53 Å². The van der Waals surface area contributed by atoms with Gasteiger partial charge < -0.3 is 15.4 Å². The number of aryl methyl sites for hydroxylation is 2. The third kappa shape index (κ3) is 4.33. The van der Waals surface area contributed by atoms with Crippen molar-refractivity contribution in [2.75, 3.05) is 35.8 Å². The summed E-state index contributed by atoms with van der Waals surface area (Å²) in [5.74, 6) is 1.86. The first-order valence-corrected chi connectivity index (χ1v) is 9.12. The van der Waals surface area contributed by atoms with Crippen LogP contribution in [0.1, 0.15) is 30.9 Å². The van der Waals surface area contributed by atoms with Gasteiger partial charge in [-0.2, -0.15) is 4.98 Å². The number of amides is 1. The van der Waals surface area contributed by atoms with Gasteiger partial charge in [0.05, 0.1) is 11.9 Å². The molecule has 1 aliphatic rings. The van der Waals surface area contributed by atoms with E-state index in [4.69, 9.17) is 4.74 Å². The molecule has 8 heteroatoms. The molecule has 1 saturated heterocycles. The zero-order valence-corrected chi connectivity index (χ0v) is 16.2. The SMILES string of the molecule is CNc1cc(C)c(Nc2ncc(C)c(N(C(C)=O)C3CCOCC3)n2)cn1. The summed E-state index contributed by atoms with van der Waals surface area (Å²) >= 11 is 0. The standard InChI is InChI=1S/C19H26N6O2/c1-12-9-17(20-4)21-11-16(12)23-19-22-10-13(2)18(24-19)25(14(3)26)15-5-7-27-8-6-15/h9-11,15H,5-8H2,1-4H3,(H,20,21)(H,22,23,24). The lowest BCUT2D eigenvalue weighted by molar-refractivity contribution is -0.117. The molecule has 0 aromatic carbocycles. The summed E-state index contributed by atoms with van der Waals surface area (Å²) in [5.41, 5.74) is 2.71. The Hall–Kier alpha value is -2.74. The van der Waals surface area contributed by atoms with Crippen molar-refractivity contribution in [3.8, 4) is 0 Å². The average molecular weight is 370 g/mol. The number of carbonyl (C=O) groups excluding carboxylic acids is 1. The highest BCUT2D eigenvalue weighted by atomic mass is 16.5. The van der Waals surface area contributed by atoms with Crippen LogP contribution in [0, 0.1) is 13.8 Å². The Kier molecular flexibility index (Phi) is 5.85. The molecule has 8 nitrogen and oxygen atoms in total. The minimum atomic E-state index is -0.0223. The van der Waals surface area contributed by atoms with Gasteiger partial charge in [-0.15, -0.1) is 0 Å². The van der Waals surface area contributed by atoms with E-state index in [1.807, 2.05) is 27.0 Å². The smallest absolute Gasteiger partial charge is 0.229 e. The van der Waals surface area contributed by atoms with Crippen molar-refractivity contribution < 1.29 is 9.53 Å². The minimum absolute atomic E-state index is 0.0223. The number of hydrogen-bond donors (Lipinski definition) is 2. The maximum atomic E-state index is 12.4. The van der Waals surface area contributed by atoms with E-state index in [9.17, 15) is 4.79 Å². The molecular weight excluding hydrogens is 344 g/mol. The molecule has 2 aromatic heterocycles. The average Bonchev–Trinajstić information content (AvgIpc) is 2.66. The van der Waals surface area contributed by atoms with Crippen LogP contribution in [-0.4, -0.2) is 47.2 Å². The summed E-state index contributed by atoms with van der Waals surface area (Å²) < 4.78 is 5.44. The van der Waals surface area contributed by atoms with Crippen molar-refractivity contribution in [2.45, 2.75) is 39.7 Å². The molecule has 1 amide bonds. The van der Waals surface area contributed by atoms with Crippen LogP contribution in [0.5, 0.6) is 0 Å². The van der Waals surface area contributed by atoms with Crippen molar-refractivity contribution in [2.24, 2.45) is 0 Å². The number of hydrogen-bond acceptors (Lipinski definition) is 7. The summed E-state index contributed by atoms with van der Waals surface area (Å²) in [6, 6.07) is 2.04. The van der Waals surface area contributed by atoms with Crippen molar-refractivity contribution in [1.29, 1.82) is 0 Å². The van der Waals surface area contributed by atoms with Gasteiger partial charge in [-0.1, -0.05) is 0 Å².